The Labute approximate surface area is 95.9 Å². The number of hydrogen-bond donors (Lipinski definition) is 1. The molecule has 0 bridgehead atoms. The van der Waals surface area contributed by atoms with Crippen LogP contribution in [0, 0.1) is 10.1 Å². The van der Waals surface area contributed by atoms with Crippen molar-refractivity contribution in [2.24, 2.45) is 0 Å². The molecule has 0 saturated heterocycles. The van der Waals surface area contributed by atoms with Crippen LogP contribution in [-0.4, -0.2) is 16.1 Å². The lowest BCUT2D eigenvalue weighted by Gasteiger charge is -2.11. The van der Waals surface area contributed by atoms with Crippen molar-refractivity contribution < 1.29 is 23.5 Å². The molecule has 1 aliphatic heterocycles. The maximum atomic E-state index is 13.0. The molecule has 8 heteroatoms. The first-order valence-electron chi connectivity index (χ1n) is 4.05. The Hall–Kier alpha value is -1.28. The van der Waals surface area contributed by atoms with E-state index in [2.05, 4.69) is 20.7 Å². The SMILES string of the molecule is O=[N+]([O-])c1cc(Br)cc2c1OC(F)(F)C2O. The Kier molecular flexibility index (Phi) is 2.35. The summed E-state index contributed by atoms with van der Waals surface area (Å²) in [4.78, 5) is 9.76. The maximum absolute atomic E-state index is 13.0. The summed E-state index contributed by atoms with van der Waals surface area (Å²) in [6, 6.07) is 2.20. The van der Waals surface area contributed by atoms with Crippen molar-refractivity contribution in [2.75, 3.05) is 0 Å². The van der Waals surface area contributed by atoms with Crippen LogP contribution in [0.1, 0.15) is 11.7 Å². The molecule has 0 saturated carbocycles. The van der Waals surface area contributed by atoms with E-state index < -0.39 is 28.6 Å². The van der Waals surface area contributed by atoms with E-state index in [4.69, 9.17) is 0 Å². The molecule has 1 aromatic carbocycles. The minimum Gasteiger partial charge on any atom is -0.423 e. The van der Waals surface area contributed by atoms with Crippen LogP contribution in [-0.2, 0) is 0 Å². The molecule has 16 heavy (non-hydrogen) atoms. The van der Waals surface area contributed by atoms with Gasteiger partial charge < -0.3 is 9.84 Å². The molecule has 1 aromatic rings. The average molecular weight is 296 g/mol. The fourth-order valence-corrected chi connectivity index (χ4v) is 1.89. The number of nitro groups is 1. The summed E-state index contributed by atoms with van der Waals surface area (Å²) in [5.74, 6) is -0.592. The van der Waals surface area contributed by atoms with E-state index in [1.165, 1.54) is 0 Å². The summed E-state index contributed by atoms with van der Waals surface area (Å²) in [7, 11) is 0. The molecule has 0 amide bonds. The second kappa shape index (κ2) is 3.36. The summed E-state index contributed by atoms with van der Waals surface area (Å²) in [5.41, 5.74) is -0.910. The lowest BCUT2D eigenvalue weighted by molar-refractivity contribution is -0.386. The van der Waals surface area contributed by atoms with Crippen molar-refractivity contribution >= 4 is 21.6 Å². The number of alkyl halides is 2. The summed E-state index contributed by atoms with van der Waals surface area (Å²) in [6.07, 6.45) is -6.04. The monoisotopic (exact) mass is 295 g/mol. The molecule has 0 fully saturated rings. The number of ether oxygens (including phenoxy) is 1. The van der Waals surface area contributed by atoms with Crippen LogP contribution in [0.15, 0.2) is 16.6 Å². The van der Waals surface area contributed by atoms with E-state index in [-0.39, 0.29) is 10.0 Å². The van der Waals surface area contributed by atoms with Crippen LogP contribution in [0.2, 0.25) is 0 Å². The topological polar surface area (TPSA) is 72.6 Å². The van der Waals surface area contributed by atoms with Gasteiger partial charge in [-0.1, -0.05) is 15.9 Å². The lowest BCUT2D eigenvalue weighted by atomic mass is 10.1. The van der Waals surface area contributed by atoms with Crippen LogP contribution >= 0.6 is 15.9 Å². The second-order valence-electron chi connectivity index (χ2n) is 3.17. The molecule has 1 atom stereocenters. The summed E-state index contributed by atoms with van der Waals surface area (Å²) < 4.78 is 30.3. The van der Waals surface area contributed by atoms with Crippen molar-refractivity contribution in [3.8, 4) is 5.75 Å². The molecule has 0 aromatic heterocycles. The lowest BCUT2D eigenvalue weighted by Crippen LogP contribution is -2.26. The maximum Gasteiger partial charge on any atom is 0.429 e. The number of nitrogens with zero attached hydrogens (tertiary/aromatic N) is 1. The quantitative estimate of drug-likeness (QED) is 0.638. The Morgan fingerprint density at radius 2 is 2.19 bits per heavy atom. The third kappa shape index (κ3) is 1.54. The molecular weight excluding hydrogens is 292 g/mol. The zero-order valence-electron chi connectivity index (χ0n) is 7.49. The van der Waals surface area contributed by atoms with Crippen LogP contribution < -0.4 is 4.74 Å². The zero-order valence-corrected chi connectivity index (χ0v) is 9.07. The number of halogens is 3. The van der Waals surface area contributed by atoms with E-state index in [0.29, 0.717) is 0 Å². The van der Waals surface area contributed by atoms with Gasteiger partial charge in [-0.05, 0) is 6.07 Å². The highest BCUT2D eigenvalue weighted by molar-refractivity contribution is 9.10. The van der Waals surface area contributed by atoms with Gasteiger partial charge in [-0.15, -0.1) is 0 Å². The third-order valence-electron chi connectivity index (χ3n) is 2.11. The molecular formula is C8H4BrF2NO4. The third-order valence-corrected chi connectivity index (χ3v) is 2.57. The molecule has 1 unspecified atom stereocenters. The Bertz CT molecular complexity index is 479. The predicted octanol–water partition coefficient (Wildman–Crippen LogP) is 2.38. The molecule has 0 aliphatic carbocycles. The minimum absolute atomic E-state index is 0.221. The van der Waals surface area contributed by atoms with Gasteiger partial charge in [-0.2, -0.15) is 8.78 Å². The number of benzene rings is 1. The summed E-state index contributed by atoms with van der Waals surface area (Å²) in [5, 5.41) is 19.8. The van der Waals surface area contributed by atoms with Gasteiger partial charge in [-0.25, -0.2) is 0 Å². The van der Waals surface area contributed by atoms with Crippen molar-refractivity contribution in [1.82, 2.24) is 0 Å². The molecule has 1 heterocycles. The number of nitro benzene ring substituents is 1. The zero-order chi connectivity index (χ0) is 12.1. The van der Waals surface area contributed by atoms with E-state index in [1.807, 2.05) is 0 Å². The number of aliphatic hydroxyl groups excluding tert-OH is 1. The molecule has 5 nitrogen and oxygen atoms in total. The average Bonchev–Trinajstić information content (AvgIpc) is 2.38. The van der Waals surface area contributed by atoms with Crippen molar-refractivity contribution in [2.45, 2.75) is 12.2 Å². The van der Waals surface area contributed by atoms with Gasteiger partial charge in [0.15, 0.2) is 6.10 Å². The summed E-state index contributed by atoms with van der Waals surface area (Å²) in [6.45, 7) is 0. The fraction of sp³-hybridized carbons (Fsp3) is 0.250. The Morgan fingerprint density at radius 1 is 1.56 bits per heavy atom. The molecule has 1 aliphatic rings. The number of rotatable bonds is 1. The Morgan fingerprint density at radius 3 is 2.75 bits per heavy atom. The molecule has 0 radical (unpaired) electrons. The first kappa shape index (κ1) is 11.2. The van der Waals surface area contributed by atoms with Gasteiger partial charge in [0.2, 0.25) is 5.75 Å². The van der Waals surface area contributed by atoms with Crippen LogP contribution in [0.3, 0.4) is 0 Å². The van der Waals surface area contributed by atoms with E-state index in [9.17, 15) is 24.0 Å². The van der Waals surface area contributed by atoms with Gasteiger partial charge >= 0.3 is 11.8 Å². The minimum atomic E-state index is -3.84. The highest BCUT2D eigenvalue weighted by Gasteiger charge is 2.52. The highest BCUT2D eigenvalue weighted by atomic mass is 79.9. The van der Waals surface area contributed by atoms with Gasteiger partial charge in [0.05, 0.1) is 4.92 Å². The predicted molar refractivity (Wildman–Crippen MR) is 51.3 cm³/mol. The first-order valence-corrected chi connectivity index (χ1v) is 4.85. The van der Waals surface area contributed by atoms with Gasteiger partial charge in [0, 0.05) is 16.1 Å². The van der Waals surface area contributed by atoms with E-state index >= 15 is 0 Å². The highest BCUT2D eigenvalue weighted by Crippen LogP contribution is 2.50. The second-order valence-corrected chi connectivity index (χ2v) is 4.08. The van der Waals surface area contributed by atoms with Gasteiger partial charge in [0.1, 0.15) is 0 Å². The van der Waals surface area contributed by atoms with Crippen molar-refractivity contribution in [1.29, 1.82) is 0 Å². The van der Waals surface area contributed by atoms with Gasteiger partial charge in [-0.3, -0.25) is 10.1 Å². The van der Waals surface area contributed by atoms with E-state index in [1.54, 1.807) is 0 Å². The smallest absolute Gasteiger partial charge is 0.423 e. The van der Waals surface area contributed by atoms with Crippen molar-refractivity contribution in [3.05, 3.63) is 32.3 Å². The standard InChI is InChI=1S/C8H4BrF2NO4/c9-3-1-4-6(5(2-3)12(14)15)16-8(10,11)7(4)13/h1-2,7,13H. The molecule has 0 spiro atoms. The number of fused-ring (bicyclic) bond motifs is 1. The molecule has 1 N–H and O–H groups in total. The molecule has 2 rings (SSSR count). The van der Waals surface area contributed by atoms with Crippen LogP contribution in [0.25, 0.3) is 0 Å². The van der Waals surface area contributed by atoms with Crippen molar-refractivity contribution in [3.63, 3.8) is 0 Å². The van der Waals surface area contributed by atoms with Crippen LogP contribution in [0.5, 0.6) is 5.75 Å². The number of aliphatic hydroxyl groups is 1. The number of hydrogen-bond acceptors (Lipinski definition) is 4. The van der Waals surface area contributed by atoms with Crippen LogP contribution in [0.4, 0.5) is 14.5 Å². The van der Waals surface area contributed by atoms with Gasteiger partial charge in [0.25, 0.3) is 0 Å². The summed E-state index contributed by atoms with van der Waals surface area (Å²) >= 11 is 2.93. The fourth-order valence-electron chi connectivity index (χ4n) is 1.42. The van der Waals surface area contributed by atoms with E-state index in [0.717, 1.165) is 12.1 Å². The first-order chi connectivity index (χ1) is 7.33. The largest absolute Gasteiger partial charge is 0.429 e. The Balaban J connectivity index is 2.65. The normalized spacial score (nSPS) is 21.4. The molecule has 86 valence electrons.